The number of fused-ring (bicyclic) bond motifs is 1. The molecule has 6 nitrogen and oxygen atoms in total. The molecular formula is C16H12ClN6+. The molecule has 4 rings (SSSR count). The van der Waals surface area contributed by atoms with Crippen LogP contribution >= 0.6 is 11.6 Å². The van der Waals surface area contributed by atoms with E-state index in [-0.39, 0.29) is 4.59 Å². The van der Waals surface area contributed by atoms with Gasteiger partial charge in [0.05, 0.1) is 12.4 Å². The van der Waals surface area contributed by atoms with Gasteiger partial charge in [-0.3, -0.25) is 9.98 Å². The fourth-order valence-electron chi connectivity index (χ4n) is 2.43. The molecule has 0 saturated heterocycles. The second kappa shape index (κ2) is 5.42. The van der Waals surface area contributed by atoms with E-state index in [2.05, 4.69) is 20.3 Å². The number of benzene rings is 1. The van der Waals surface area contributed by atoms with Crippen LogP contribution in [0.5, 0.6) is 0 Å². The largest absolute Gasteiger partial charge is 0.320 e. The molecule has 2 aliphatic heterocycles. The maximum Gasteiger partial charge on any atom is 0.287 e. The first-order valence-corrected chi connectivity index (χ1v) is 7.36. The van der Waals surface area contributed by atoms with E-state index < -0.39 is 0 Å². The molecule has 7 heteroatoms. The summed E-state index contributed by atoms with van der Waals surface area (Å²) in [7, 11) is 0. The number of rotatable bonds is 2. The number of anilines is 1. The molecule has 2 aromatic rings. The summed E-state index contributed by atoms with van der Waals surface area (Å²) in [6.45, 7) is 0. The molecule has 0 radical (unpaired) electrons. The number of hydrogen-bond donors (Lipinski definition) is 1. The number of amidine groups is 1. The van der Waals surface area contributed by atoms with Gasteiger partial charge in [0.25, 0.3) is 11.8 Å². The molecule has 1 unspecified atom stereocenters. The summed E-state index contributed by atoms with van der Waals surface area (Å²) in [5, 5.41) is 8.59. The van der Waals surface area contributed by atoms with E-state index in [4.69, 9.17) is 16.7 Å². The third-order valence-electron chi connectivity index (χ3n) is 3.52. The molecule has 3 heterocycles. The SMILES string of the molecule is Clc1ccc(NC2=N[N+]3(c4cccnc4)C=CN=CC3=N2)cc1. The van der Waals surface area contributed by atoms with Crippen LogP contribution in [0.4, 0.5) is 11.4 Å². The number of quaternary nitrogens is 1. The van der Waals surface area contributed by atoms with Crippen LogP contribution in [0.25, 0.3) is 0 Å². The maximum atomic E-state index is 5.91. The number of hydrogen-bond acceptors (Lipinski definition) is 5. The summed E-state index contributed by atoms with van der Waals surface area (Å²) >= 11 is 5.91. The lowest BCUT2D eigenvalue weighted by Gasteiger charge is -2.23. The normalized spacial score (nSPS) is 21.6. The number of aromatic nitrogens is 1. The third-order valence-corrected chi connectivity index (χ3v) is 3.77. The van der Waals surface area contributed by atoms with Crippen LogP contribution in [0.3, 0.4) is 0 Å². The zero-order valence-corrected chi connectivity index (χ0v) is 12.7. The monoisotopic (exact) mass is 323 g/mol. The number of pyridine rings is 1. The molecule has 0 saturated carbocycles. The van der Waals surface area contributed by atoms with E-state index >= 15 is 0 Å². The smallest absolute Gasteiger partial charge is 0.287 e. The minimum absolute atomic E-state index is 0.118. The second-order valence-corrected chi connectivity index (χ2v) is 5.43. The number of aliphatic imine (C=N–C) groups is 2. The van der Waals surface area contributed by atoms with Crippen molar-refractivity contribution in [2.24, 2.45) is 15.1 Å². The molecule has 0 fully saturated rings. The van der Waals surface area contributed by atoms with Gasteiger partial charge < -0.3 is 5.32 Å². The van der Waals surface area contributed by atoms with Crippen molar-refractivity contribution in [3.8, 4) is 0 Å². The number of nitrogens with one attached hydrogen (secondary N) is 1. The van der Waals surface area contributed by atoms with Crippen molar-refractivity contribution in [3.05, 3.63) is 66.2 Å². The van der Waals surface area contributed by atoms with Crippen molar-refractivity contribution in [2.45, 2.75) is 0 Å². The Labute approximate surface area is 137 Å². The molecule has 2 aliphatic rings. The Hall–Kier alpha value is -2.83. The molecule has 23 heavy (non-hydrogen) atoms. The predicted molar refractivity (Wildman–Crippen MR) is 93.6 cm³/mol. The van der Waals surface area contributed by atoms with E-state index in [0.29, 0.717) is 16.8 Å². The lowest BCUT2D eigenvalue weighted by molar-refractivity contribution is 0.590. The molecular weight excluding hydrogens is 312 g/mol. The van der Waals surface area contributed by atoms with Gasteiger partial charge in [0, 0.05) is 23.0 Å². The fourth-order valence-corrected chi connectivity index (χ4v) is 2.55. The van der Waals surface area contributed by atoms with Crippen LogP contribution in [-0.4, -0.2) is 23.0 Å². The van der Waals surface area contributed by atoms with E-state index in [1.54, 1.807) is 24.8 Å². The van der Waals surface area contributed by atoms with Crippen LogP contribution < -0.4 is 9.91 Å². The Morgan fingerprint density at radius 1 is 1.09 bits per heavy atom. The Kier molecular flexibility index (Phi) is 3.25. The molecule has 112 valence electrons. The third kappa shape index (κ3) is 2.44. The first-order chi connectivity index (χ1) is 11.3. The van der Waals surface area contributed by atoms with Crippen molar-refractivity contribution in [2.75, 3.05) is 5.32 Å². The van der Waals surface area contributed by atoms with Gasteiger partial charge in [0.2, 0.25) is 0 Å². The van der Waals surface area contributed by atoms with Gasteiger partial charge in [-0.2, -0.15) is 4.99 Å². The highest BCUT2D eigenvalue weighted by Gasteiger charge is 2.42. The van der Waals surface area contributed by atoms with Crippen LogP contribution in [0.2, 0.25) is 5.02 Å². The van der Waals surface area contributed by atoms with Gasteiger partial charge >= 0.3 is 0 Å². The van der Waals surface area contributed by atoms with Gasteiger partial charge in [-0.25, -0.2) is 0 Å². The van der Waals surface area contributed by atoms with E-state index in [1.807, 2.05) is 42.6 Å². The fraction of sp³-hybridized carbons (Fsp3) is 0. The summed E-state index contributed by atoms with van der Waals surface area (Å²) < 4.78 is 0.118. The topological polar surface area (TPSA) is 62.0 Å². The van der Waals surface area contributed by atoms with E-state index in [1.165, 1.54) is 0 Å². The summed E-state index contributed by atoms with van der Waals surface area (Å²) in [6.07, 6.45) is 8.78. The maximum absolute atomic E-state index is 5.91. The van der Waals surface area contributed by atoms with E-state index in [0.717, 1.165) is 11.4 Å². The Balaban J connectivity index is 1.73. The van der Waals surface area contributed by atoms with Gasteiger partial charge in [0.1, 0.15) is 6.21 Å². The van der Waals surface area contributed by atoms with Crippen molar-refractivity contribution in [1.82, 2.24) is 9.58 Å². The first kappa shape index (κ1) is 13.8. The molecule has 1 aromatic carbocycles. The zero-order chi connectivity index (χ0) is 15.7. The standard InChI is InChI=1S/C16H12ClN6/c17-12-3-5-13(6-4-12)20-16-21-15-11-19-8-9-23(15,22-16)14-2-1-7-18-10-14/h1-11H,(H,20,22)/q+1. The molecule has 1 atom stereocenters. The average molecular weight is 324 g/mol. The minimum Gasteiger partial charge on any atom is -0.320 e. The highest BCUT2D eigenvalue weighted by atomic mass is 35.5. The van der Waals surface area contributed by atoms with Gasteiger partial charge in [-0.05, 0) is 35.4 Å². The Morgan fingerprint density at radius 3 is 2.74 bits per heavy atom. The van der Waals surface area contributed by atoms with E-state index in [9.17, 15) is 0 Å². The van der Waals surface area contributed by atoms with Crippen LogP contribution in [-0.2, 0) is 0 Å². The van der Waals surface area contributed by atoms with Gasteiger partial charge in [-0.1, -0.05) is 16.2 Å². The molecule has 0 aliphatic carbocycles. The number of guanidine groups is 1. The first-order valence-electron chi connectivity index (χ1n) is 6.99. The zero-order valence-electron chi connectivity index (χ0n) is 12.0. The summed E-state index contributed by atoms with van der Waals surface area (Å²) in [4.78, 5) is 12.9. The Morgan fingerprint density at radius 2 is 1.96 bits per heavy atom. The van der Waals surface area contributed by atoms with Crippen LogP contribution in [0.1, 0.15) is 0 Å². The molecule has 1 N–H and O–H groups in total. The Bertz CT molecular complexity index is 854. The average Bonchev–Trinajstić information content (AvgIpc) is 2.97. The minimum atomic E-state index is 0.118. The lowest BCUT2D eigenvalue weighted by atomic mass is 10.3. The van der Waals surface area contributed by atoms with Gasteiger partial charge in [-0.15, -0.1) is 0 Å². The van der Waals surface area contributed by atoms with Crippen molar-refractivity contribution >= 4 is 41.0 Å². The molecule has 0 spiro atoms. The quantitative estimate of drug-likeness (QED) is 0.861. The second-order valence-electron chi connectivity index (χ2n) is 5.00. The van der Waals surface area contributed by atoms with Gasteiger partial charge in [0.15, 0.2) is 11.9 Å². The number of halogens is 1. The van der Waals surface area contributed by atoms with Crippen molar-refractivity contribution in [1.29, 1.82) is 0 Å². The summed E-state index contributed by atoms with van der Waals surface area (Å²) in [5.74, 6) is 1.21. The summed E-state index contributed by atoms with van der Waals surface area (Å²) in [5.41, 5.74) is 1.75. The summed E-state index contributed by atoms with van der Waals surface area (Å²) in [6, 6.07) is 11.2. The molecule has 0 bridgehead atoms. The van der Waals surface area contributed by atoms with Crippen LogP contribution in [0, 0.1) is 0 Å². The highest BCUT2D eigenvalue weighted by Crippen LogP contribution is 2.30. The van der Waals surface area contributed by atoms with Crippen LogP contribution in [0.15, 0.2) is 76.3 Å². The van der Waals surface area contributed by atoms with Crippen molar-refractivity contribution in [3.63, 3.8) is 0 Å². The van der Waals surface area contributed by atoms with Crippen molar-refractivity contribution < 1.29 is 0 Å². The predicted octanol–water partition coefficient (Wildman–Crippen LogP) is 3.39. The molecule has 0 amide bonds. The molecule has 1 aromatic heterocycles. The highest BCUT2D eigenvalue weighted by molar-refractivity contribution is 6.38. The number of nitrogens with zero attached hydrogens (tertiary/aromatic N) is 5. The lowest BCUT2D eigenvalue weighted by Crippen LogP contribution is -2.44.